The molecule has 0 saturated carbocycles. The molecule has 1 rings (SSSR count). The van der Waals surface area contributed by atoms with Crippen LogP contribution in [-0.4, -0.2) is 13.1 Å². The number of nitriles is 1. The molecule has 74 valence electrons. The minimum absolute atomic E-state index is 0.641. The van der Waals surface area contributed by atoms with E-state index in [4.69, 9.17) is 5.26 Å². The Labute approximate surface area is 85.6 Å². The quantitative estimate of drug-likeness (QED) is 0.672. The zero-order valence-electron chi connectivity index (χ0n) is 8.37. The summed E-state index contributed by atoms with van der Waals surface area (Å²) in [4.78, 5) is 0. The molecule has 0 amide bonds. The molecule has 1 N–H and O–H groups in total. The maximum absolute atomic E-state index is 8.34. The van der Waals surface area contributed by atoms with E-state index in [0.717, 1.165) is 25.9 Å². The van der Waals surface area contributed by atoms with Gasteiger partial charge in [-0.05, 0) is 25.0 Å². The highest BCUT2D eigenvalue weighted by Crippen LogP contribution is 2.02. The lowest BCUT2D eigenvalue weighted by molar-refractivity contribution is 0.696. The van der Waals surface area contributed by atoms with E-state index in [1.165, 1.54) is 5.57 Å². The molecule has 0 spiro atoms. The molecular formula is C12H16N2. The van der Waals surface area contributed by atoms with Crippen LogP contribution in [0.4, 0.5) is 0 Å². The van der Waals surface area contributed by atoms with Crippen molar-refractivity contribution in [3.05, 3.63) is 36.0 Å². The van der Waals surface area contributed by atoms with Gasteiger partial charge in [-0.3, -0.25) is 0 Å². The molecule has 0 saturated heterocycles. The van der Waals surface area contributed by atoms with Crippen molar-refractivity contribution in [1.82, 2.24) is 5.32 Å². The first kappa shape index (κ1) is 10.7. The first-order valence-electron chi connectivity index (χ1n) is 5.03. The van der Waals surface area contributed by atoms with Crippen LogP contribution >= 0.6 is 0 Å². The summed E-state index contributed by atoms with van der Waals surface area (Å²) in [5.41, 5.74) is 1.30. The van der Waals surface area contributed by atoms with Gasteiger partial charge in [0.15, 0.2) is 0 Å². The molecule has 2 nitrogen and oxygen atoms in total. The maximum Gasteiger partial charge on any atom is 0.0622 e. The van der Waals surface area contributed by atoms with E-state index in [0.29, 0.717) is 6.42 Å². The van der Waals surface area contributed by atoms with Gasteiger partial charge in [0, 0.05) is 13.0 Å². The summed E-state index contributed by atoms with van der Waals surface area (Å²) in [6.45, 7) is 1.81. The Morgan fingerprint density at radius 1 is 1.43 bits per heavy atom. The SMILES string of the molecule is N#CCCCNCC1=CC=CCC=C1. The summed E-state index contributed by atoms with van der Waals surface area (Å²) >= 11 is 0. The number of nitrogens with one attached hydrogen (secondary N) is 1. The topological polar surface area (TPSA) is 35.8 Å². The average Bonchev–Trinajstić information content (AvgIpc) is 2.46. The molecule has 0 aliphatic heterocycles. The summed E-state index contributed by atoms with van der Waals surface area (Å²) in [5, 5.41) is 11.7. The van der Waals surface area contributed by atoms with Crippen LogP contribution in [0, 0.1) is 11.3 Å². The fourth-order valence-corrected chi connectivity index (χ4v) is 1.27. The molecule has 14 heavy (non-hydrogen) atoms. The van der Waals surface area contributed by atoms with Crippen LogP contribution in [-0.2, 0) is 0 Å². The van der Waals surface area contributed by atoms with E-state index in [1.807, 2.05) is 0 Å². The monoisotopic (exact) mass is 188 g/mol. The fraction of sp³-hybridized carbons (Fsp3) is 0.417. The van der Waals surface area contributed by atoms with Crippen molar-refractivity contribution in [2.75, 3.05) is 13.1 Å². The lowest BCUT2D eigenvalue weighted by Gasteiger charge is -2.02. The third kappa shape index (κ3) is 4.64. The van der Waals surface area contributed by atoms with Crippen molar-refractivity contribution in [3.8, 4) is 6.07 Å². The Bertz CT molecular complexity index is 279. The Balaban J connectivity index is 2.15. The first-order chi connectivity index (χ1) is 6.93. The normalized spacial score (nSPS) is 14.6. The van der Waals surface area contributed by atoms with Gasteiger partial charge >= 0.3 is 0 Å². The largest absolute Gasteiger partial charge is 0.313 e. The number of hydrogen-bond donors (Lipinski definition) is 1. The molecule has 0 radical (unpaired) electrons. The fourth-order valence-electron chi connectivity index (χ4n) is 1.27. The summed E-state index contributed by atoms with van der Waals surface area (Å²) < 4.78 is 0. The van der Waals surface area contributed by atoms with Crippen molar-refractivity contribution in [1.29, 1.82) is 5.26 Å². The molecule has 0 aromatic carbocycles. The zero-order chi connectivity index (χ0) is 10.1. The standard InChI is InChI=1S/C12H16N2/c13-9-5-6-10-14-11-12-7-3-1-2-4-8-12/h1,3-4,7-8,14H,2,5-6,10-11H2. The van der Waals surface area contributed by atoms with Crippen molar-refractivity contribution < 1.29 is 0 Å². The molecule has 0 atom stereocenters. The van der Waals surface area contributed by atoms with Crippen LogP contribution < -0.4 is 5.32 Å². The molecule has 1 aliphatic carbocycles. The van der Waals surface area contributed by atoms with Gasteiger partial charge in [-0.15, -0.1) is 0 Å². The molecule has 0 unspecified atom stereocenters. The van der Waals surface area contributed by atoms with E-state index in [1.54, 1.807) is 0 Å². The Morgan fingerprint density at radius 3 is 3.21 bits per heavy atom. The summed E-state index contributed by atoms with van der Waals surface area (Å²) in [5.74, 6) is 0. The molecule has 0 bridgehead atoms. The van der Waals surface area contributed by atoms with Crippen molar-refractivity contribution in [2.45, 2.75) is 19.3 Å². The predicted molar refractivity (Wildman–Crippen MR) is 58.7 cm³/mol. The second-order valence-electron chi connectivity index (χ2n) is 3.25. The average molecular weight is 188 g/mol. The first-order valence-corrected chi connectivity index (χ1v) is 5.03. The third-order valence-electron chi connectivity index (χ3n) is 2.02. The van der Waals surface area contributed by atoms with Gasteiger partial charge in [0.25, 0.3) is 0 Å². The molecule has 1 aliphatic rings. The summed E-state index contributed by atoms with van der Waals surface area (Å²) in [7, 11) is 0. The zero-order valence-corrected chi connectivity index (χ0v) is 8.37. The second kappa shape index (κ2) is 7.11. The van der Waals surface area contributed by atoms with Crippen LogP contribution in [0.15, 0.2) is 36.0 Å². The van der Waals surface area contributed by atoms with Crippen molar-refractivity contribution >= 4 is 0 Å². The number of nitrogens with zero attached hydrogens (tertiary/aromatic N) is 1. The maximum atomic E-state index is 8.34. The van der Waals surface area contributed by atoms with Gasteiger partial charge in [0.1, 0.15) is 0 Å². The van der Waals surface area contributed by atoms with E-state index in [-0.39, 0.29) is 0 Å². The second-order valence-corrected chi connectivity index (χ2v) is 3.25. The van der Waals surface area contributed by atoms with Gasteiger partial charge in [-0.2, -0.15) is 5.26 Å². The smallest absolute Gasteiger partial charge is 0.0622 e. The molecule has 0 fully saturated rings. The van der Waals surface area contributed by atoms with E-state index >= 15 is 0 Å². The highest BCUT2D eigenvalue weighted by atomic mass is 14.8. The van der Waals surface area contributed by atoms with Crippen LogP contribution in [0.2, 0.25) is 0 Å². The number of rotatable bonds is 5. The Hall–Kier alpha value is -1.33. The van der Waals surface area contributed by atoms with Crippen LogP contribution in [0.5, 0.6) is 0 Å². The molecule has 0 aromatic heterocycles. The molecule has 0 aromatic rings. The van der Waals surface area contributed by atoms with Crippen LogP contribution in [0.25, 0.3) is 0 Å². The lowest BCUT2D eigenvalue weighted by Crippen LogP contribution is -2.17. The van der Waals surface area contributed by atoms with Gasteiger partial charge in [0.2, 0.25) is 0 Å². The van der Waals surface area contributed by atoms with Crippen LogP contribution in [0.1, 0.15) is 19.3 Å². The van der Waals surface area contributed by atoms with Crippen LogP contribution in [0.3, 0.4) is 0 Å². The van der Waals surface area contributed by atoms with Gasteiger partial charge in [-0.25, -0.2) is 0 Å². The Morgan fingerprint density at radius 2 is 2.36 bits per heavy atom. The van der Waals surface area contributed by atoms with Crippen molar-refractivity contribution in [2.24, 2.45) is 0 Å². The van der Waals surface area contributed by atoms with Gasteiger partial charge in [0.05, 0.1) is 6.07 Å². The predicted octanol–water partition coefficient (Wildman–Crippen LogP) is 2.32. The number of unbranched alkanes of at least 4 members (excludes halogenated alkanes) is 1. The van der Waals surface area contributed by atoms with Crippen molar-refractivity contribution in [3.63, 3.8) is 0 Å². The minimum Gasteiger partial charge on any atom is -0.313 e. The van der Waals surface area contributed by atoms with Gasteiger partial charge in [-0.1, -0.05) is 30.4 Å². The van der Waals surface area contributed by atoms with E-state index in [9.17, 15) is 0 Å². The highest BCUT2D eigenvalue weighted by Gasteiger charge is 1.93. The lowest BCUT2D eigenvalue weighted by atomic mass is 10.2. The Kier molecular flexibility index (Phi) is 5.46. The number of hydrogen-bond acceptors (Lipinski definition) is 2. The molecule has 0 heterocycles. The third-order valence-corrected chi connectivity index (χ3v) is 2.02. The number of allylic oxidation sites excluding steroid dienone is 4. The molecular weight excluding hydrogens is 172 g/mol. The summed E-state index contributed by atoms with van der Waals surface area (Å²) in [6, 6.07) is 2.14. The van der Waals surface area contributed by atoms with E-state index in [2.05, 4.69) is 41.8 Å². The van der Waals surface area contributed by atoms with Gasteiger partial charge < -0.3 is 5.32 Å². The minimum atomic E-state index is 0.641. The molecule has 2 heteroatoms. The van der Waals surface area contributed by atoms with E-state index < -0.39 is 0 Å². The highest BCUT2D eigenvalue weighted by molar-refractivity contribution is 5.28. The summed E-state index contributed by atoms with van der Waals surface area (Å²) in [6.07, 6.45) is 13.3.